The summed E-state index contributed by atoms with van der Waals surface area (Å²) >= 11 is 5.63. The van der Waals surface area contributed by atoms with Crippen molar-refractivity contribution in [3.63, 3.8) is 0 Å². The maximum atomic E-state index is 13.0. The van der Waals surface area contributed by atoms with Gasteiger partial charge in [-0.15, -0.1) is 0 Å². The Morgan fingerprint density at radius 1 is 1.33 bits per heavy atom. The van der Waals surface area contributed by atoms with Crippen LogP contribution in [0.1, 0.15) is 11.1 Å². The van der Waals surface area contributed by atoms with E-state index in [1.54, 1.807) is 18.2 Å². The predicted molar refractivity (Wildman–Crippen MR) is 94.3 cm³/mol. The Balaban J connectivity index is 1.83. The standard InChI is InChI=1S/C19H15ClF3NO3/c1-2-17(25)24-12-8-11-4-3-5-16(18(11)26-10-12)27-13-6-7-15(20)14(9-13)19(21,22)23/h2-7,9,12H,1,8,10H2,(H,24,25). The van der Waals surface area contributed by atoms with Gasteiger partial charge in [-0.25, -0.2) is 0 Å². The van der Waals surface area contributed by atoms with Crippen molar-refractivity contribution in [2.45, 2.75) is 18.6 Å². The van der Waals surface area contributed by atoms with E-state index in [2.05, 4.69) is 11.9 Å². The Bertz CT molecular complexity index is 883. The maximum absolute atomic E-state index is 13.0. The Morgan fingerprint density at radius 3 is 2.81 bits per heavy atom. The second-order valence-corrected chi connectivity index (χ2v) is 6.32. The van der Waals surface area contributed by atoms with Crippen molar-refractivity contribution in [1.29, 1.82) is 0 Å². The molecule has 0 aliphatic carbocycles. The number of para-hydroxylation sites is 1. The number of nitrogens with one attached hydrogen (secondary N) is 1. The zero-order valence-corrected chi connectivity index (χ0v) is 14.7. The van der Waals surface area contributed by atoms with Gasteiger partial charge in [-0.3, -0.25) is 4.79 Å². The quantitative estimate of drug-likeness (QED) is 0.757. The van der Waals surface area contributed by atoms with Gasteiger partial charge in [0.1, 0.15) is 12.4 Å². The van der Waals surface area contributed by atoms with Crippen molar-refractivity contribution < 1.29 is 27.4 Å². The molecule has 1 unspecified atom stereocenters. The van der Waals surface area contributed by atoms with Crippen LogP contribution in [-0.4, -0.2) is 18.6 Å². The fraction of sp³-hybridized carbons (Fsp3) is 0.211. The molecule has 1 heterocycles. The summed E-state index contributed by atoms with van der Waals surface area (Å²) in [5, 5.41) is 2.35. The number of halogens is 4. The normalized spacial score (nSPS) is 16.1. The van der Waals surface area contributed by atoms with Crippen LogP contribution in [0.4, 0.5) is 13.2 Å². The lowest BCUT2D eigenvalue weighted by Gasteiger charge is -2.27. The lowest BCUT2D eigenvalue weighted by Crippen LogP contribution is -2.42. The third kappa shape index (κ3) is 4.36. The molecule has 0 spiro atoms. The molecule has 0 aromatic heterocycles. The number of rotatable bonds is 4. The van der Waals surface area contributed by atoms with E-state index in [0.29, 0.717) is 12.2 Å². The lowest BCUT2D eigenvalue weighted by molar-refractivity contribution is -0.137. The summed E-state index contributed by atoms with van der Waals surface area (Å²) in [7, 11) is 0. The van der Waals surface area contributed by atoms with Gasteiger partial charge in [0, 0.05) is 5.56 Å². The van der Waals surface area contributed by atoms with Gasteiger partial charge < -0.3 is 14.8 Å². The van der Waals surface area contributed by atoms with Crippen molar-refractivity contribution in [2.24, 2.45) is 0 Å². The van der Waals surface area contributed by atoms with E-state index in [1.807, 2.05) is 0 Å². The highest BCUT2D eigenvalue weighted by molar-refractivity contribution is 6.31. The highest BCUT2D eigenvalue weighted by Crippen LogP contribution is 2.41. The summed E-state index contributed by atoms with van der Waals surface area (Å²) < 4.78 is 50.3. The highest BCUT2D eigenvalue weighted by atomic mass is 35.5. The molecular formula is C19H15ClF3NO3. The van der Waals surface area contributed by atoms with Crippen LogP contribution < -0.4 is 14.8 Å². The first-order chi connectivity index (χ1) is 12.8. The first-order valence-electron chi connectivity index (χ1n) is 8.00. The molecule has 2 aromatic carbocycles. The summed E-state index contributed by atoms with van der Waals surface area (Å²) in [5.74, 6) is 0.410. The fourth-order valence-corrected chi connectivity index (χ4v) is 2.96. The molecule has 4 nitrogen and oxygen atoms in total. The molecule has 1 amide bonds. The molecule has 2 aromatic rings. The van der Waals surface area contributed by atoms with Crippen LogP contribution in [0.5, 0.6) is 17.2 Å². The minimum absolute atomic E-state index is 0.00851. The predicted octanol–water partition coefficient (Wildman–Crippen LogP) is 4.76. The van der Waals surface area contributed by atoms with Crippen LogP contribution >= 0.6 is 11.6 Å². The van der Waals surface area contributed by atoms with E-state index >= 15 is 0 Å². The van der Waals surface area contributed by atoms with Gasteiger partial charge in [0.05, 0.1) is 16.6 Å². The van der Waals surface area contributed by atoms with Gasteiger partial charge in [-0.1, -0.05) is 30.3 Å². The minimum Gasteiger partial charge on any atom is -0.487 e. The van der Waals surface area contributed by atoms with E-state index in [1.165, 1.54) is 12.1 Å². The topological polar surface area (TPSA) is 47.6 Å². The van der Waals surface area contributed by atoms with E-state index in [0.717, 1.165) is 17.7 Å². The molecule has 1 atom stereocenters. The van der Waals surface area contributed by atoms with Crippen LogP contribution in [0.25, 0.3) is 0 Å². The highest BCUT2D eigenvalue weighted by Gasteiger charge is 2.34. The third-order valence-corrected chi connectivity index (χ3v) is 4.29. The van der Waals surface area contributed by atoms with Crippen molar-refractivity contribution in [2.75, 3.05) is 6.61 Å². The average Bonchev–Trinajstić information content (AvgIpc) is 2.62. The maximum Gasteiger partial charge on any atom is 0.417 e. The molecule has 0 radical (unpaired) electrons. The Morgan fingerprint density at radius 2 is 2.11 bits per heavy atom. The summed E-state index contributed by atoms with van der Waals surface area (Å²) in [6, 6.07) is 8.21. The average molecular weight is 398 g/mol. The van der Waals surface area contributed by atoms with Crippen LogP contribution in [-0.2, 0) is 17.4 Å². The molecule has 0 fully saturated rings. The van der Waals surface area contributed by atoms with Gasteiger partial charge in [0.2, 0.25) is 5.91 Å². The molecule has 0 saturated heterocycles. The summed E-state index contributed by atoms with van der Waals surface area (Å²) in [5.41, 5.74) is -0.197. The number of hydrogen-bond donors (Lipinski definition) is 1. The van der Waals surface area contributed by atoms with Gasteiger partial charge in [0.15, 0.2) is 11.5 Å². The van der Waals surface area contributed by atoms with E-state index in [9.17, 15) is 18.0 Å². The Hall–Kier alpha value is -2.67. The van der Waals surface area contributed by atoms with Crippen LogP contribution in [0.15, 0.2) is 49.1 Å². The van der Waals surface area contributed by atoms with Crippen molar-refractivity contribution in [1.82, 2.24) is 5.32 Å². The second-order valence-electron chi connectivity index (χ2n) is 5.91. The van der Waals surface area contributed by atoms with E-state index in [4.69, 9.17) is 21.1 Å². The van der Waals surface area contributed by atoms with Crippen LogP contribution in [0, 0.1) is 0 Å². The number of hydrogen-bond acceptors (Lipinski definition) is 3. The Kier molecular flexibility index (Phi) is 5.32. The fourth-order valence-electron chi connectivity index (χ4n) is 2.74. The van der Waals surface area contributed by atoms with Crippen molar-refractivity contribution >= 4 is 17.5 Å². The molecule has 1 N–H and O–H groups in total. The zero-order chi connectivity index (χ0) is 19.6. The van der Waals surface area contributed by atoms with Crippen LogP contribution in [0.2, 0.25) is 5.02 Å². The first-order valence-corrected chi connectivity index (χ1v) is 8.38. The zero-order valence-electron chi connectivity index (χ0n) is 14.0. The summed E-state index contributed by atoms with van der Waals surface area (Å²) in [6.45, 7) is 3.61. The smallest absolute Gasteiger partial charge is 0.417 e. The number of alkyl halides is 3. The monoisotopic (exact) mass is 397 g/mol. The summed E-state index contributed by atoms with van der Waals surface area (Å²) in [6.07, 6.45) is -2.91. The number of fused-ring (bicyclic) bond motifs is 1. The molecule has 142 valence electrons. The lowest BCUT2D eigenvalue weighted by atomic mass is 10.0. The van der Waals surface area contributed by atoms with E-state index in [-0.39, 0.29) is 30.1 Å². The minimum atomic E-state index is -4.58. The molecule has 1 aliphatic heterocycles. The van der Waals surface area contributed by atoms with Gasteiger partial charge in [-0.05, 0) is 36.8 Å². The molecule has 27 heavy (non-hydrogen) atoms. The molecule has 3 rings (SSSR count). The number of benzene rings is 2. The molecular weight excluding hydrogens is 383 g/mol. The third-order valence-electron chi connectivity index (χ3n) is 3.96. The second kappa shape index (κ2) is 7.52. The van der Waals surface area contributed by atoms with Gasteiger partial charge >= 0.3 is 6.18 Å². The largest absolute Gasteiger partial charge is 0.487 e. The molecule has 0 saturated carbocycles. The van der Waals surface area contributed by atoms with Crippen molar-refractivity contribution in [3.8, 4) is 17.2 Å². The number of ether oxygens (including phenoxy) is 2. The van der Waals surface area contributed by atoms with E-state index < -0.39 is 16.8 Å². The SMILES string of the molecule is C=CC(=O)NC1COc2c(cccc2Oc2ccc(Cl)c(C(F)(F)F)c2)C1. The number of carbonyl (C=O) groups is 1. The van der Waals surface area contributed by atoms with Gasteiger partial charge in [0.25, 0.3) is 0 Å². The Labute approximate surface area is 158 Å². The van der Waals surface area contributed by atoms with Gasteiger partial charge in [-0.2, -0.15) is 13.2 Å². The molecule has 8 heteroatoms. The molecule has 0 bridgehead atoms. The molecule has 1 aliphatic rings. The van der Waals surface area contributed by atoms with Crippen LogP contribution in [0.3, 0.4) is 0 Å². The summed E-state index contributed by atoms with van der Waals surface area (Å²) in [4.78, 5) is 11.4. The first kappa shape index (κ1) is 19.1. The van der Waals surface area contributed by atoms with Crippen molar-refractivity contribution in [3.05, 3.63) is 65.2 Å². The number of amides is 1. The number of carbonyl (C=O) groups excluding carboxylic acids is 1.